The molecule has 0 heterocycles. The zero-order valence-electron chi connectivity index (χ0n) is 14.6. The summed E-state index contributed by atoms with van der Waals surface area (Å²) in [7, 11) is 5.83. The number of benzene rings is 2. The van der Waals surface area contributed by atoms with Crippen LogP contribution in [0.15, 0.2) is 42.5 Å². The highest BCUT2D eigenvalue weighted by Crippen LogP contribution is 2.25. The molecule has 2 aromatic rings. The van der Waals surface area contributed by atoms with Crippen molar-refractivity contribution in [2.24, 2.45) is 0 Å². The fraction of sp³-hybridized carbons (Fsp3) is 0.333. The maximum absolute atomic E-state index is 10.7. The van der Waals surface area contributed by atoms with Crippen LogP contribution in [-0.4, -0.2) is 43.9 Å². The monoisotopic (exact) mass is 323 g/mol. The topological polar surface area (TPSA) is 32.7 Å². The Bertz CT molecular complexity index is 809. The van der Waals surface area contributed by atoms with E-state index in [9.17, 15) is 5.11 Å². The second-order valence-electron chi connectivity index (χ2n) is 6.60. The Balaban J connectivity index is 1.96. The third kappa shape index (κ3) is 3.53. The molecule has 0 saturated heterocycles. The van der Waals surface area contributed by atoms with Gasteiger partial charge in [-0.05, 0) is 60.3 Å². The van der Waals surface area contributed by atoms with Crippen LogP contribution < -0.4 is 15.2 Å². The van der Waals surface area contributed by atoms with Crippen molar-refractivity contribution < 1.29 is 9.84 Å². The molecule has 0 aliphatic heterocycles. The number of hydrogen-bond donors (Lipinski definition) is 1. The molecule has 0 bridgehead atoms. The number of likely N-dealkylation sites (N-methyl/N-ethyl adjacent to an activating group) is 1. The lowest BCUT2D eigenvalue weighted by Crippen LogP contribution is -2.37. The first-order chi connectivity index (χ1) is 11.6. The molecule has 3 nitrogen and oxygen atoms in total. The molecule has 1 aliphatic rings. The number of ether oxygens (including phenoxy) is 1. The molecule has 3 rings (SSSR count). The van der Waals surface area contributed by atoms with Crippen molar-refractivity contribution in [2.45, 2.75) is 18.4 Å². The van der Waals surface area contributed by atoms with Gasteiger partial charge in [0.25, 0.3) is 0 Å². The second kappa shape index (κ2) is 7.20. The van der Waals surface area contributed by atoms with Crippen LogP contribution in [0.2, 0.25) is 0 Å². The summed E-state index contributed by atoms with van der Waals surface area (Å²) < 4.78 is 5.22. The lowest BCUT2D eigenvalue weighted by atomic mass is 9.87. The van der Waals surface area contributed by atoms with E-state index in [-0.39, 0.29) is 5.92 Å². The van der Waals surface area contributed by atoms with E-state index in [1.807, 2.05) is 30.3 Å². The number of hydrogen-bond acceptors (Lipinski definition) is 3. The average Bonchev–Trinajstić information content (AvgIpc) is 2.59. The van der Waals surface area contributed by atoms with E-state index in [1.54, 1.807) is 7.11 Å². The van der Waals surface area contributed by atoms with E-state index in [4.69, 9.17) is 4.74 Å². The van der Waals surface area contributed by atoms with Gasteiger partial charge in [0.1, 0.15) is 5.75 Å². The standard InChI is InChI=1S/C21H25NO2/c1-22(2)12-11-15-5-4-6-17-13-20(21(23)14-19(15)17)16-7-9-18(24-3)10-8-16/h4-10,13-14,20-21,23H,11-12H2,1-3H3/t20-,21-/m1/s1. The van der Waals surface area contributed by atoms with Gasteiger partial charge in [-0.3, -0.25) is 0 Å². The number of nitrogens with zero attached hydrogens (tertiary/aromatic N) is 1. The van der Waals surface area contributed by atoms with Crippen LogP contribution in [0.25, 0.3) is 12.2 Å². The van der Waals surface area contributed by atoms with Gasteiger partial charge in [0.05, 0.1) is 13.2 Å². The molecule has 1 N–H and O–H groups in total. The smallest absolute Gasteiger partial charge is 0.118 e. The van der Waals surface area contributed by atoms with Crippen LogP contribution in [0.5, 0.6) is 5.75 Å². The summed E-state index contributed by atoms with van der Waals surface area (Å²) in [6.45, 7) is 1.00. The second-order valence-corrected chi connectivity index (χ2v) is 6.60. The van der Waals surface area contributed by atoms with Crippen molar-refractivity contribution in [3.05, 3.63) is 64.0 Å². The van der Waals surface area contributed by atoms with Gasteiger partial charge in [-0.1, -0.05) is 36.4 Å². The van der Waals surface area contributed by atoms with Crippen molar-refractivity contribution in [2.75, 3.05) is 27.7 Å². The first kappa shape index (κ1) is 16.7. The molecule has 0 aromatic heterocycles. The lowest BCUT2D eigenvalue weighted by molar-refractivity contribution is 0.225. The van der Waals surface area contributed by atoms with Crippen LogP contribution in [0.4, 0.5) is 0 Å². The highest BCUT2D eigenvalue weighted by Gasteiger charge is 2.20. The Labute approximate surface area is 143 Å². The Morgan fingerprint density at radius 3 is 2.46 bits per heavy atom. The minimum atomic E-state index is -0.508. The van der Waals surface area contributed by atoms with Crippen LogP contribution in [0.1, 0.15) is 17.0 Å². The number of fused-ring (bicyclic) bond motifs is 1. The first-order valence-electron chi connectivity index (χ1n) is 8.37. The Kier molecular flexibility index (Phi) is 5.03. The molecule has 2 atom stereocenters. The third-order valence-electron chi connectivity index (χ3n) is 4.62. The molecule has 0 amide bonds. The number of rotatable bonds is 5. The van der Waals surface area contributed by atoms with Gasteiger partial charge in [0, 0.05) is 12.5 Å². The van der Waals surface area contributed by atoms with Crippen LogP contribution in [-0.2, 0) is 6.42 Å². The van der Waals surface area contributed by atoms with E-state index in [2.05, 4.69) is 43.3 Å². The van der Waals surface area contributed by atoms with Crippen LogP contribution in [0, 0.1) is 0 Å². The molecule has 0 unspecified atom stereocenters. The van der Waals surface area contributed by atoms with E-state index < -0.39 is 6.10 Å². The Morgan fingerprint density at radius 2 is 1.79 bits per heavy atom. The normalized spacial score (nSPS) is 19.4. The van der Waals surface area contributed by atoms with Crippen molar-refractivity contribution in [3.63, 3.8) is 0 Å². The van der Waals surface area contributed by atoms with Crippen molar-refractivity contribution in [3.8, 4) is 5.75 Å². The number of aliphatic hydroxyl groups excluding tert-OH is 1. The molecule has 0 spiro atoms. The maximum Gasteiger partial charge on any atom is 0.118 e. The summed E-state index contributed by atoms with van der Waals surface area (Å²) in [4.78, 5) is 2.18. The van der Waals surface area contributed by atoms with E-state index >= 15 is 0 Å². The Morgan fingerprint density at radius 1 is 1.04 bits per heavy atom. The number of methoxy groups -OCH3 is 1. The highest BCUT2D eigenvalue weighted by atomic mass is 16.5. The molecule has 0 saturated carbocycles. The zero-order valence-corrected chi connectivity index (χ0v) is 14.6. The molecule has 3 heteroatoms. The van der Waals surface area contributed by atoms with Crippen molar-refractivity contribution in [1.82, 2.24) is 4.90 Å². The van der Waals surface area contributed by atoms with Gasteiger partial charge in [-0.15, -0.1) is 0 Å². The van der Waals surface area contributed by atoms with Crippen molar-refractivity contribution in [1.29, 1.82) is 0 Å². The van der Waals surface area contributed by atoms with Crippen LogP contribution >= 0.6 is 0 Å². The predicted molar refractivity (Wildman–Crippen MR) is 98.6 cm³/mol. The molecular formula is C21H25NO2. The van der Waals surface area contributed by atoms with E-state index in [1.165, 1.54) is 16.0 Å². The molecular weight excluding hydrogens is 298 g/mol. The summed E-state index contributed by atoms with van der Waals surface area (Å²) in [5, 5.41) is 13.1. The van der Waals surface area contributed by atoms with E-state index in [0.717, 1.165) is 24.3 Å². The molecule has 2 aromatic carbocycles. The highest BCUT2D eigenvalue weighted by molar-refractivity contribution is 5.53. The summed E-state index contributed by atoms with van der Waals surface area (Å²) >= 11 is 0. The SMILES string of the molecule is COc1ccc([C@H]2C=c3cccc(CCN(C)C)c3=C[C@H]2O)cc1. The molecule has 0 fully saturated rings. The fourth-order valence-electron chi connectivity index (χ4n) is 3.23. The fourth-order valence-corrected chi connectivity index (χ4v) is 3.23. The van der Waals surface area contributed by atoms with Gasteiger partial charge in [0.2, 0.25) is 0 Å². The Hall–Kier alpha value is -2.10. The van der Waals surface area contributed by atoms with E-state index in [0.29, 0.717) is 0 Å². The largest absolute Gasteiger partial charge is 0.497 e. The molecule has 126 valence electrons. The minimum Gasteiger partial charge on any atom is -0.497 e. The summed E-state index contributed by atoms with van der Waals surface area (Å²) in [5.41, 5.74) is 2.40. The molecule has 24 heavy (non-hydrogen) atoms. The van der Waals surface area contributed by atoms with Crippen LogP contribution in [0.3, 0.4) is 0 Å². The number of aliphatic hydroxyl groups is 1. The van der Waals surface area contributed by atoms with Gasteiger partial charge in [-0.2, -0.15) is 0 Å². The third-order valence-corrected chi connectivity index (χ3v) is 4.62. The van der Waals surface area contributed by atoms with Gasteiger partial charge in [-0.25, -0.2) is 0 Å². The predicted octanol–water partition coefficient (Wildman–Crippen LogP) is 1.52. The molecule has 0 radical (unpaired) electrons. The van der Waals surface area contributed by atoms with Gasteiger partial charge >= 0.3 is 0 Å². The zero-order chi connectivity index (χ0) is 17.1. The average molecular weight is 323 g/mol. The quantitative estimate of drug-likeness (QED) is 0.905. The summed E-state index contributed by atoms with van der Waals surface area (Å²) in [6, 6.07) is 14.3. The van der Waals surface area contributed by atoms with Crippen molar-refractivity contribution >= 4 is 12.2 Å². The van der Waals surface area contributed by atoms with Gasteiger partial charge in [0.15, 0.2) is 0 Å². The first-order valence-corrected chi connectivity index (χ1v) is 8.37. The lowest BCUT2D eigenvalue weighted by Gasteiger charge is -2.22. The summed E-state index contributed by atoms with van der Waals surface area (Å²) in [6.07, 6.45) is 4.67. The van der Waals surface area contributed by atoms with Gasteiger partial charge < -0.3 is 14.7 Å². The minimum absolute atomic E-state index is 0.0208. The molecule has 1 aliphatic carbocycles. The summed E-state index contributed by atoms with van der Waals surface area (Å²) in [5.74, 6) is 0.812. The maximum atomic E-state index is 10.7.